The van der Waals surface area contributed by atoms with Crippen molar-refractivity contribution in [2.45, 2.75) is 6.92 Å². The smallest absolute Gasteiger partial charge is 0.143 e. The van der Waals surface area contributed by atoms with Crippen LogP contribution in [0.2, 0.25) is 5.02 Å². The Hall–Kier alpha value is -1.78. The molecule has 0 amide bonds. The summed E-state index contributed by atoms with van der Waals surface area (Å²) < 4.78 is 5.34. The fraction of sp³-hybridized carbons (Fsp3) is 0.133. The molecule has 3 N–H and O–H groups in total. The summed E-state index contributed by atoms with van der Waals surface area (Å²) in [5, 5.41) is 3.95. The van der Waals surface area contributed by atoms with Crippen molar-refractivity contribution < 1.29 is 4.74 Å². The Morgan fingerprint density at radius 2 is 1.95 bits per heavy atom. The van der Waals surface area contributed by atoms with Gasteiger partial charge in [-0.2, -0.15) is 0 Å². The van der Waals surface area contributed by atoms with Gasteiger partial charge in [0.1, 0.15) is 10.7 Å². The molecule has 0 fully saturated rings. The number of hydrogen-bond donors (Lipinski definition) is 2. The molecule has 0 saturated carbocycles. The number of hydrogen-bond acceptors (Lipinski definition) is 3. The van der Waals surface area contributed by atoms with Crippen molar-refractivity contribution in [3.05, 3.63) is 52.5 Å². The second-order valence-corrected chi connectivity index (χ2v) is 5.18. The molecular weight excluding hydrogens is 292 g/mol. The van der Waals surface area contributed by atoms with Gasteiger partial charge < -0.3 is 15.8 Å². The van der Waals surface area contributed by atoms with Crippen LogP contribution in [0.4, 0.5) is 11.4 Å². The molecule has 0 bridgehead atoms. The van der Waals surface area contributed by atoms with Crippen molar-refractivity contribution in [1.29, 1.82) is 0 Å². The summed E-state index contributed by atoms with van der Waals surface area (Å²) in [5.41, 5.74) is 9.13. The highest BCUT2D eigenvalue weighted by Gasteiger charge is 2.10. The van der Waals surface area contributed by atoms with Gasteiger partial charge in [0.25, 0.3) is 0 Å². The molecular formula is C15H15ClN2OS. The third-order valence-electron chi connectivity index (χ3n) is 2.94. The van der Waals surface area contributed by atoms with E-state index in [0.29, 0.717) is 15.8 Å². The van der Waals surface area contributed by atoms with Gasteiger partial charge in [-0.25, -0.2) is 0 Å². The van der Waals surface area contributed by atoms with E-state index < -0.39 is 0 Å². The van der Waals surface area contributed by atoms with Gasteiger partial charge in [0.05, 0.1) is 12.8 Å². The fourth-order valence-electron chi connectivity index (χ4n) is 1.88. The standard InChI is InChI=1S/C15H15ClN2OS/c1-9-7-13(14(19-2)8-11(9)16)18-12-6-4-3-5-10(12)15(17)20/h3-8,18H,1-2H3,(H2,17,20). The van der Waals surface area contributed by atoms with Gasteiger partial charge in [0.15, 0.2) is 0 Å². The minimum atomic E-state index is 0.345. The monoisotopic (exact) mass is 306 g/mol. The Balaban J connectivity index is 2.45. The lowest BCUT2D eigenvalue weighted by Crippen LogP contribution is -2.11. The summed E-state index contributed by atoms with van der Waals surface area (Å²) in [5.74, 6) is 0.665. The molecule has 20 heavy (non-hydrogen) atoms. The van der Waals surface area contributed by atoms with E-state index in [1.807, 2.05) is 37.3 Å². The van der Waals surface area contributed by atoms with Gasteiger partial charge in [-0.15, -0.1) is 0 Å². The summed E-state index contributed by atoms with van der Waals surface area (Å²) in [6, 6.07) is 11.3. The van der Waals surface area contributed by atoms with Crippen molar-refractivity contribution in [2.75, 3.05) is 12.4 Å². The Morgan fingerprint density at radius 1 is 1.25 bits per heavy atom. The molecule has 0 aromatic heterocycles. The van der Waals surface area contributed by atoms with Crippen molar-refractivity contribution in [2.24, 2.45) is 5.73 Å². The van der Waals surface area contributed by atoms with Crippen LogP contribution in [0.3, 0.4) is 0 Å². The Kier molecular flexibility index (Phi) is 4.47. The zero-order valence-electron chi connectivity index (χ0n) is 11.2. The van der Waals surface area contributed by atoms with E-state index in [0.717, 1.165) is 22.5 Å². The van der Waals surface area contributed by atoms with Crippen LogP contribution < -0.4 is 15.8 Å². The van der Waals surface area contributed by atoms with Crippen LogP contribution in [0.5, 0.6) is 5.75 Å². The number of benzene rings is 2. The van der Waals surface area contributed by atoms with Gasteiger partial charge in [0, 0.05) is 22.3 Å². The van der Waals surface area contributed by atoms with Crippen LogP contribution >= 0.6 is 23.8 Å². The summed E-state index contributed by atoms with van der Waals surface area (Å²) in [6.07, 6.45) is 0. The van der Waals surface area contributed by atoms with E-state index in [1.165, 1.54) is 0 Å². The van der Waals surface area contributed by atoms with Crippen molar-refractivity contribution in [3.63, 3.8) is 0 Å². The van der Waals surface area contributed by atoms with Gasteiger partial charge in [-0.1, -0.05) is 36.0 Å². The molecule has 2 aromatic rings. The number of anilines is 2. The molecule has 0 spiro atoms. The van der Waals surface area contributed by atoms with Gasteiger partial charge in [-0.05, 0) is 30.7 Å². The second-order valence-electron chi connectivity index (χ2n) is 4.34. The molecule has 0 atom stereocenters. The minimum Gasteiger partial charge on any atom is -0.495 e. The molecule has 3 nitrogen and oxygen atoms in total. The normalized spacial score (nSPS) is 10.2. The van der Waals surface area contributed by atoms with Crippen LogP contribution in [0.25, 0.3) is 0 Å². The van der Waals surface area contributed by atoms with Gasteiger partial charge >= 0.3 is 0 Å². The molecule has 104 valence electrons. The maximum Gasteiger partial charge on any atom is 0.143 e. The quantitative estimate of drug-likeness (QED) is 0.837. The lowest BCUT2D eigenvalue weighted by atomic mass is 10.1. The van der Waals surface area contributed by atoms with Crippen molar-refractivity contribution >= 4 is 40.2 Å². The largest absolute Gasteiger partial charge is 0.495 e. The Morgan fingerprint density at radius 3 is 2.60 bits per heavy atom. The molecule has 0 saturated heterocycles. The molecule has 0 aliphatic carbocycles. The van der Waals surface area contributed by atoms with E-state index in [9.17, 15) is 0 Å². The molecule has 0 radical (unpaired) electrons. The van der Waals surface area contributed by atoms with Crippen LogP contribution in [0, 0.1) is 6.92 Å². The average Bonchev–Trinajstić information content (AvgIpc) is 2.43. The third kappa shape index (κ3) is 3.03. The van der Waals surface area contributed by atoms with Crippen LogP contribution in [-0.4, -0.2) is 12.1 Å². The van der Waals surface area contributed by atoms with E-state index in [2.05, 4.69) is 5.32 Å². The number of rotatable bonds is 4. The number of nitrogens with one attached hydrogen (secondary N) is 1. The first kappa shape index (κ1) is 14.6. The Labute approximate surface area is 128 Å². The molecule has 0 aliphatic rings. The van der Waals surface area contributed by atoms with Gasteiger partial charge in [0.2, 0.25) is 0 Å². The summed E-state index contributed by atoms with van der Waals surface area (Å²) >= 11 is 11.2. The Bertz CT molecular complexity index is 658. The second kappa shape index (κ2) is 6.11. The number of thiocarbonyl (C=S) groups is 1. The predicted octanol–water partition coefficient (Wildman–Crippen LogP) is 4.03. The van der Waals surface area contributed by atoms with Crippen LogP contribution in [-0.2, 0) is 0 Å². The lowest BCUT2D eigenvalue weighted by molar-refractivity contribution is 0.417. The summed E-state index contributed by atoms with van der Waals surface area (Å²) in [6.45, 7) is 1.94. The topological polar surface area (TPSA) is 47.3 Å². The zero-order chi connectivity index (χ0) is 14.7. The maximum atomic E-state index is 6.10. The third-order valence-corrected chi connectivity index (χ3v) is 3.57. The fourth-order valence-corrected chi connectivity index (χ4v) is 2.21. The summed E-state index contributed by atoms with van der Waals surface area (Å²) in [4.78, 5) is 0.345. The van der Waals surface area contributed by atoms with E-state index >= 15 is 0 Å². The number of halogens is 1. The first-order valence-corrected chi connectivity index (χ1v) is 6.81. The minimum absolute atomic E-state index is 0.345. The summed E-state index contributed by atoms with van der Waals surface area (Å²) in [7, 11) is 1.60. The molecule has 2 rings (SSSR count). The number of aryl methyl sites for hydroxylation is 1. The number of methoxy groups -OCH3 is 1. The van der Waals surface area contributed by atoms with E-state index in [4.69, 9.17) is 34.3 Å². The van der Waals surface area contributed by atoms with Crippen LogP contribution in [0.15, 0.2) is 36.4 Å². The molecule has 0 aliphatic heterocycles. The van der Waals surface area contributed by atoms with Crippen molar-refractivity contribution in [3.8, 4) is 5.75 Å². The predicted molar refractivity (Wildman–Crippen MR) is 88.4 cm³/mol. The maximum absolute atomic E-state index is 6.10. The van der Waals surface area contributed by atoms with Crippen LogP contribution in [0.1, 0.15) is 11.1 Å². The first-order valence-electron chi connectivity index (χ1n) is 6.03. The van der Waals surface area contributed by atoms with E-state index in [1.54, 1.807) is 13.2 Å². The van der Waals surface area contributed by atoms with Gasteiger partial charge in [-0.3, -0.25) is 0 Å². The highest BCUT2D eigenvalue weighted by atomic mass is 35.5. The highest BCUT2D eigenvalue weighted by Crippen LogP contribution is 2.33. The molecule has 5 heteroatoms. The SMILES string of the molecule is COc1cc(Cl)c(C)cc1Nc1ccccc1C(N)=S. The van der Waals surface area contributed by atoms with E-state index in [-0.39, 0.29) is 0 Å². The number of nitrogens with two attached hydrogens (primary N) is 1. The van der Waals surface area contributed by atoms with Crippen molar-refractivity contribution in [1.82, 2.24) is 0 Å². The zero-order valence-corrected chi connectivity index (χ0v) is 12.8. The lowest BCUT2D eigenvalue weighted by Gasteiger charge is -2.15. The highest BCUT2D eigenvalue weighted by molar-refractivity contribution is 7.80. The number of ether oxygens (including phenoxy) is 1. The first-order chi connectivity index (χ1) is 9.52. The average molecular weight is 307 g/mol. The molecule has 0 heterocycles. The number of para-hydroxylation sites is 1. The molecule has 0 unspecified atom stereocenters. The molecule has 2 aromatic carbocycles.